The van der Waals surface area contributed by atoms with E-state index in [1.54, 1.807) is 22.7 Å². The molecule has 31 heavy (non-hydrogen) atoms. The third-order valence-electron chi connectivity index (χ3n) is 4.76. The van der Waals surface area contributed by atoms with Crippen molar-refractivity contribution in [2.45, 2.75) is 19.4 Å². The Morgan fingerprint density at radius 2 is 1.74 bits per heavy atom. The van der Waals surface area contributed by atoms with Gasteiger partial charge in [-0.25, -0.2) is 9.78 Å². The molecular formula is C23H21N3O3S2. The second-order valence-electron chi connectivity index (χ2n) is 6.94. The van der Waals surface area contributed by atoms with E-state index in [2.05, 4.69) is 27.8 Å². The van der Waals surface area contributed by atoms with Crippen molar-refractivity contribution in [3.63, 3.8) is 0 Å². The van der Waals surface area contributed by atoms with E-state index in [1.165, 1.54) is 14.0 Å². The summed E-state index contributed by atoms with van der Waals surface area (Å²) in [5, 5.41) is 6.73. The zero-order chi connectivity index (χ0) is 21.8. The van der Waals surface area contributed by atoms with Crippen LogP contribution in [0.2, 0.25) is 0 Å². The van der Waals surface area contributed by atoms with E-state index in [4.69, 9.17) is 9.72 Å². The fourth-order valence-electron chi connectivity index (χ4n) is 3.32. The molecule has 1 aromatic carbocycles. The number of ether oxygens (including phenoxy) is 1. The van der Waals surface area contributed by atoms with Gasteiger partial charge >= 0.3 is 5.97 Å². The second-order valence-corrected chi connectivity index (χ2v) is 8.84. The predicted octanol–water partition coefficient (Wildman–Crippen LogP) is 4.75. The molecule has 1 amide bonds. The van der Waals surface area contributed by atoms with Crippen LogP contribution in [0.3, 0.4) is 0 Å². The molecule has 1 atom stereocenters. The van der Waals surface area contributed by atoms with Crippen LogP contribution in [0.25, 0.3) is 32.5 Å². The standard InChI is InChI=1S/C23H21N3O3S2/c1-14(27)24-17(23(28)29-2)13-15-7-9-16(10-8-15)22-25-20(18-5-3-11-30-18)21(26-22)19-6-4-12-31-19/h3-12,17H,13H2,1-2H3,(H,24,27)(H,25,26)/t17-/m0/s1. The second kappa shape index (κ2) is 9.28. The summed E-state index contributed by atoms with van der Waals surface area (Å²) in [5.41, 5.74) is 3.80. The first kappa shape index (κ1) is 21.0. The van der Waals surface area contributed by atoms with Crippen LogP contribution in [-0.2, 0) is 20.7 Å². The zero-order valence-corrected chi connectivity index (χ0v) is 18.7. The lowest BCUT2D eigenvalue weighted by molar-refractivity contribution is -0.144. The number of rotatable bonds is 7. The van der Waals surface area contributed by atoms with E-state index in [1.807, 2.05) is 41.8 Å². The van der Waals surface area contributed by atoms with Gasteiger partial charge in [0.05, 0.1) is 22.6 Å². The molecule has 0 fully saturated rings. The average Bonchev–Trinajstić information content (AvgIpc) is 3.53. The van der Waals surface area contributed by atoms with Crippen molar-refractivity contribution in [3.05, 3.63) is 64.9 Å². The number of nitrogens with one attached hydrogen (secondary N) is 2. The normalized spacial score (nSPS) is 11.8. The molecule has 158 valence electrons. The van der Waals surface area contributed by atoms with Crippen LogP contribution >= 0.6 is 22.7 Å². The van der Waals surface area contributed by atoms with Gasteiger partial charge in [0, 0.05) is 18.9 Å². The molecule has 6 nitrogen and oxygen atoms in total. The number of carbonyl (C=O) groups is 2. The lowest BCUT2D eigenvalue weighted by atomic mass is 10.0. The summed E-state index contributed by atoms with van der Waals surface area (Å²) in [6, 6.07) is 15.3. The molecule has 0 aliphatic carbocycles. The molecule has 4 rings (SSSR count). The molecule has 3 heterocycles. The lowest BCUT2D eigenvalue weighted by Crippen LogP contribution is -2.41. The van der Waals surface area contributed by atoms with Gasteiger partial charge < -0.3 is 15.0 Å². The summed E-state index contributed by atoms with van der Waals surface area (Å²) in [4.78, 5) is 34.0. The highest BCUT2D eigenvalue weighted by molar-refractivity contribution is 7.14. The van der Waals surface area contributed by atoms with Crippen molar-refractivity contribution in [2.75, 3.05) is 7.11 Å². The maximum Gasteiger partial charge on any atom is 0.328 e. The van der Waals surface area contributed by atoms with Crippen molar-refractivity contribution in [2.24, 2.45) is 0 Å². The van der Waals surface area contributed by atoms with Gasteiger partial charge in [-0.1, -0.05) is 36.4 Å². The topological polar surface area (TPSA) is 84.1 Å². The molecule has 2 N–H and O–H groups in total. The van der Waals surface area contributed by atoms with Gasteiger partial charge in [-0.05, 0) is 28.5 Å². The Balaban J connectivity index is 1.61. The number of thiophene rings is 2. The number of methoxy groups -OCH3 is 1. The van der Waals surface area contributed by atoms with Crippen LogP contribution in [0.1, 0.15) is 12.5 Å². The van der Waals surface area contributed by atoms with Gasteiger partial charge in [0.1, 0.15) is 17.6 Å². The van der Waals surface area contributed by atoms with Crippen molar-refractivity contribution >= 4 is 34.6 Å². The fourth-order valence-corrected chi connectivity index (χ4v) is 4.76. The van der Waals surface area contributed by atoms with Gasteiger partial charge in [-0.15, -0.1) is 22.7 Å². The van der Waals surface area contributed by atoms with E-state index in [9.17, 15) is 9.59 Å². The average molecular weight is 452 g/mol. The molecule has 0 saturated carbocycles. The van der Waals surface area contributed by atoms with Crippen LogP contribution in [0.4, 0.5) is 0 Å². The molecule has 4 aromatic rings. The maximum atomic E-state index is 12.0. The number of nitrogens with zero attached hydrogens (tertiary/aromatic N) is 1. The zero-order valence-electron chi connectivity index (χ0n) is 17.0. The lowest BCUT2D eigenvalue weighted by Gasteiger charge is -2.15. The number of aromatic amines is 1. The number of hydrogen-bond donors (Lipinski definition) is 2. The molecule has 0 bridgehead atoms. The molecule has 0 saturated heterocycles. The molecule has 0 unspecified atom stereocenters. The molecule has 0 aliphatic rings. The molecule has 0 aliphatic heterocycles. The molecule has 3 aromatic heterocycles. The van der Waals surface area contributed by atoms with Crippen molar-refractivity contribution in [1.29, 1.82) is 0 Å². The Bertz CT molecular complexity index is 1110. The number of carbonyl (C=O) groups excluding carboxylic acids is 2. The number of aromatic nitrogens is 2. The Hall–Kier alpha value is -3.23. The van der Waals surface area contributed by atoms with Gasteiger partial charge in [0.2, 0.25) is 5.91 Å². The summed E-state index contributed by atoms with van der Waals surface area (Å²) in [6.07, 6.45) is 0.353. The van der Waals surface area contributed by atoms with Gasteiger partial charge in [0.15, 0.2) is 0 Å². The van der Waals surface area contributed by atoms with E-state index < -0.39 is 12.0 Å². The van der Waals surface area contributed by atoms with Crippen LogP contribution in [0, 0.1) is 0 Å². The van der Waals surface area contributed by atoms with E-state index in [-0.39, 0.29) is 5.91 Å². The Morgan fingerprint density at radius 1 is 1.06 bits per heavy atom. The quantitative estimate of drug-likeness (QED) is 0.397. The minimum Gasteiger partial charge on any atom is -0.467 e. The highest BCUT2D eigenvalue weighted by Gasteiger charge is 2.21. The number of amides is 1. The highest BCUT2D eigenvalue weighted by atomic mass is 32.1. The third-order valence-corrected chi connectivity index (χ3v) is 6.52. The number of esters is 1. The van der Waals surface area contributed by atoms with Crippen LogP contribution in [0.5, 0.6) is 0 Å². The van der Waals surface area contributed by atoms with E-state index in [0.29, 0.717) is 6.42 Å². The Labute approximate surface area is 187 Å². The maximum absolute atomic E-state index is 12.0. The number of benzene rings is 1. The number of H-pyrrole nitrogens is 1. The first-order chi connectivity index (χ1) is 15.0. The van der Waals surface area contributed by atoms with Crippen molar-refractivity contribution in [3.8, 4) is 32.5 Å². The molecule has 8 heteroatoms. The summed E-state index contributed by atoms with van der Waals surface area (Å²) in [6.45, 7) is 1.38. The molecular weight excluding hydrogens is 430 g/mol. The summed E-state index contributed by atoms with van der Waals surface area (Å²) in [5.74, 6) is 0.0426. The largest absolute Gasteiger partial charge is 0.467 e. The van der Waals surface area contributed by atoms with E-state index in [0.717, 1.165) is 38.1 Å². The van der Waals surface area contributed by atoms with E-state index >= 15 is 0 Å². The smallest absolute Gasteiger partial charge is 0.328 e. The SMILES string of the molecule is COC(=O)[C@H](Cc1ccc(-c2nc(-c3cccs3)c(-c3cccs3)[nH]2)cc1)NC(C)=O. The number of imidazole rings is 1. The van der Waals surface area contributed by atoms with Crippen LogP contribution < -0.4 is 5.32 Å². The Morgan fingerprint density at radius 3 is 2.32 bits per heavy atom. The van der Waals surface area contributed by atoms with Crippen LogP contribution in [0.15, 0.2) is 59.3 Å². The highest BCUT2D eigenvalue weighted by Crippen LogP contribution is 2.37. The summed E-state index contributed by atoms with van der Waals surface area (Å²) >= 11 is 3.33. The summed E-state index contributed by atoms with van der Waals surface area (Å²) < 4.78 is 4.80. The minimum atomic E-state index is -0.715. The predicted molar refractivity (Wildman–Crippen MR) is 124 cm³/mol. The minimum absolute atomic E-state index is 0.273. The van der Waals surface area contributed by atoms with Gasteiger partial charge in [-0.2, -0.15) is 0 Å². The first-order valence-electron chi connectivity index (χ1n) is 9.67. The van der Waals surface area contributed by atoms with Crippen molar-refractivity contribution < 1.29 is 14.3 Å². The van der Waals surface area contributed by atoms with Crippen LogP contribution in [-0.4, -0.2) is 35.0 Å². The number of hydrogen-bond acceptors (Lipinski definition) is 6. The molecule has 0 radical (unpaired) electrons. The van der Waals surface area contributed by atoms with Crippen molar-refractivity contribution in [1.82, 2.24) is 15.3 Å². The van der Waals surface area contributed by atoms with Gasteiger partial charge in [-0.3, -0.25) is 4.79 Å². The first-order valence-corrected chi connectivity index (χ1v) is 11.4. The monoisotopic (exact) mass is 451 g/mol. The Kier molecular flexibility index (Phi) is 6.29. The fraction of sp³-hybridized carbons (Fsp3) is 0.174. The van der Waals surface area contributed by atoms with Gasteiger partial charge in [0.25, 0.3) is 0 Å². The third kappa shape index (κ3) is 4.76. The molecule has 0 spiro atoms. The summed E-state index contributed by atoms with van der Waals surface area (Å²) in [7, 11) is 1.31.